The lowest BCUT2D eigenvalue weighted by Crippen LogP contribution is -2.79. The van der Waals surface area contributed by atoms with Gasteiger partial charge in [-0.05, 0) is 57.2 Å². The number of hydrogen-bond acceptors (Lipinski definition) is 12. The Labute approximate surface area is 292 Å². The molecule has 5 rings (SSSR count). The molecule has 1 aliphatic heterocycles. The minimum absolute atomic E-state index is 0.0245. The standard InChI is InChI=1S/C37H51NO12/c1-18-22(48-31(44)28(42)26(21-13-11-10-12-14-21)38-32(45)50-33(4,5)6)16-37(46)19(2)29-35(9,30(43)27(41)25(18)34(37,7)8)23(40)15-24-36(29,17-47-24)49-20(3)39/h10-14,19,22-24,26-29,40-42,46H,15-17H2,1-9H3,(H,38,45)/t19-,22-,23-,24+,26?,27+,28+,29?,35+,36-,37+/m0/s1. The first-order chi connectivity index (χ1) is 23.0. The van der Waals surface area contributed by atoms with Gasteiger partial charge in [-0.25, -0.2) is 9.59 Å². The van der Waals surface area contributed by atoms with E-state index in [1.54, 1.807) is 78.8 Å². The number of rotatable bonds is 6. The fourth-order valence-corrected chi connectivity index (χ4v) is 9.29. The van der Waals surface area contributed by atoms with Crippen LogP contribution in [0, 0.1) is 22.7 Å². The number of fused-ring (bicyclic) bond motifs is 5. The summed E-state index contributed by atoms with van der Waals surface area (Å²) < 4.78 is 23.0. The van der Waals surface area contributed by atoms with Crippen molar-refractivity contribution < 1.29 is 58.6 Å². The Morgan fingerprint density at radius 3 is 2.24 bits per heavy atom. The quantitative estimate of drug-likeness (QED) is 0.165. The van der Waals surface area contributed by atoms with Gasteiger partial charge in [-0.15, -0.1) is 0 Å². The number of carbonyl (C=O) groups is 4. The van der Waals surface area contributed by atoms with E-state index in [4.69, 9.17) is 18.9 Å². The van der Waals surface area contributed by atoms with Crippen LogP contribution in [0.15, 0.2) is 41.5 Å². The number of alkyl carbamates (subject to hydrolysis) is 1. The maximum atomic E-state index is 14.5. The zero-order valence-electron chi connectivity index (χ0n) is 30.2. The molecule has 276 valence electrons. The highest BCUT2D eigenvalue weighted by molar-refractivity contribution is 5.93. The van der Waals surface area contributed by atoms with Crippen LogP contribution in [0.3, 0.4) is 0 Å². The lowest BCUT2D eigenvalue weighted by molar-refractivity contribution is -0.338. The van der Waals surface area contributed by atoms with Gasteiger partial charge in [0.1, 0.15) is 23.9 Å². The number of aliphatic hydroxyl groups is 4. The summed E-state index contributed by atoms with van der Waals surface area (Å²) in [5, 5.41) is 50.3. The van der Waals surface area contributed by atoms with Gasteiger partial charge in [0.2, 0.25) is 0 Å². The molecule has 13 heteroatoms. The minimum atomic E-state index is -1.93. The monoisotopic (exact) mass is 701 g/mol. The fraction of sp³-hybridized carbons (Fsp3) is 0.676. The van der Waals surface area contributed by atoms with Crippen molar-refractivity contribution in [2.24, 2.45) is 22.7 Å². The molecule has 1 heterocycles. The number of aliphatic hydroxyl groups excluding tert-OH is 3. The molecule has 13 nitrogen and oxygen atoms in total. The van der Waals surface area contributed by atoms with Gasteiger partial charge in [0.15, 0.2) is 17.5 Å². The summed E-state index contributed by atoms with van der Waals surface area (Å²) in [4.78, 5) is 53.6. The third-order valence-electron chi connectivity index (χ3n) is 11.8. The lowest BCUT2D eigenvalue weighted by Gasteiger charge is -2.68. The van der Waals surface area contributed by atoms with Gasteiger partial charge in [0.05, 0.1) is 29.8 Å². The van der Waals surface area contributed by atoms with Crippen LogP contribution in [0.1, 0.15) is 86.8 Å². The predicted octanol–water partition coefficient (Wildman–Crippen LogP) is 2.67. The molecule has 2 unspecified atom stereocenters. The Morgan fingerprint density at radius 2 is 1.70 bits per heavy atom. The molecule has 1 aromatic carbocycles. The molecule has 2 saturated carbocycles. The van der Waals surface area contributed by atoms with Gasteiger partial charge in [-0.3, -0.25) is 9.59 Å². The highest BCUT2D eigenvalue weighted by Crippen LogP contribution is 2.65. The summed E-state index contributed by atoms with van der Waals surface area (Å²) in [6, 6.07) is 7.03. The highest BCUT2D eigenvalue weighted by atomic mass is 16.6. The molecule has 0 aromatic heterocycles. The summed E-state index contributed by atoms with van der Waals surface area (Å²) in [7, 11) is 0. The van der Waals surface area contributed by atoms with Crippen molar-refractivity contribution in [1.29, 1.82) is 0 Å². The normalized spacial score (nSPS) is 37.4. The molecule has 1 saturated heterocycles. The van der Waals surface area contributed by atoms with E-state index in [2.05, 4.69) is 5.32 Å². The summed E-state index contributed by atoms with van der Waals surface area (Å²) >= 11 is 0. The van der Waals surface area contributed by atoms with Crippen molar-refractivity contribution in [2.45, 2.75) is 129 Å². The van der Waals surface area contributed by atoms with Crippen LogP contribution >= 0.6 is 0 Å². The molecule has 4 aliphatic rings. The first kappa shape index (κ1) is 37.9. The average Bonchev–Trinajstić information content (AvgIpc) is 3.01. The van der Waals surface area contributed by atoms with Gasteiger partial charge in [-0.2, -0.15) is 0 Å². The number of nitrogens with one attached hydrogen (secondary N) is 1. The second-order valence-electron chi connectivity index (χ2n) is 16.2. The maximum Gasteiger partial charge on any atom is 0.408 e. The number of ether oxygens (including phenoxy) is 4. The fourth-order valence-electron chi connectivity index (χ4n) is 9.29. The number of hydrogen-bond donors (Lipinski definition) is 5. The van der Waals surface area contributed by atoms with E-state index in [9.17, 15) is 39.6 Å². The third kappa shape index (κ3) is 5.84. The Hall–Kier alpha value is -3.36. The number of ketones is 1. The zero-order valence-corrected chi connectivity index (χ0v) is 30.2. The summed E-state index contributed by atoms with van der Waals surface area (Å²) in [5.74, 6) is -4.40. The molecule has 11 atom stereocenters. The Balaban J connectivity index is 1.56. The van der Waals surface area contributed by atoms with E-state index >= 15 is 0 Å². The molecule has 3 aliphatic carbocycles. The molecule has 0 spiro atoms. The van der Waals surface area contributed by atoms with Crippen LogP contribution in [-0.2, 0) is 33.3 Å². The average molecular weight is 702 g/mol. The summed E-state index contributed by atoms with van der Waals surface area (Å²) in [6.07, 6.45) is -8.18. The Kier molecular flexibility index (Phi) is 9.62. The Morgan fingerprint density at radius 1 is 1.08 bits per heavy atom. The van der Waals surface area contributed by atoms with Crippen molar-refractivity contribution in [2.75, 3.05) is 6.61 Å². The van der Waals surface area contributed by atoms with E-state index in [-0.39, 0.29) is 25.0 Å². The molecule has 1 aromatic rings. The molecule has 3 fully saturated rings. The van der Waals surface area contributed by atoms with Gasteiger partial charge in [0, 0.05) is 31.1 Å². The number of Topliss-reactive ketones (excluding diaryl/α,β-unsaturated/α-hetero) is 1. The van der Waals surface area contributed by atoms with Crippen LogP contribution in [0.2, 0.25) is 0 Å². The van der Waals surface area contributed by atoms with Gasteiger partial charge >= 0.3 is 18.0 Å². The number of amides is 1. The van der Waals surface area contributed by atoms with E-state index in [1.165, 1.54) is 13.8 Å². The van der Waals surface area contributed by atoms with E-state index < -0.39 is 99.8 Å². The largest absolute Gasteiger partial charge is 0.456 e. The molecular weight excluding hydrogens is 650 g/mol. The number of carbonyl (C=O) groups excluding carboxylic acids is 4. The van der Waals surface area contributed by atoms with Gasteiger partial charge in [-0.1, -0.05) is 51.1 Å². The van der Waals surface area contributed by atoms with Crippen molar-refractivity contribution >= 4 is 23.8 Å². The van der Waals surface area contributed by atoms with Crippen molar-refractivity contribution in [3.63, 3.8) is 0 Å². The van der Waals surface area contributed by atoms with Crippen molar-refractivity contribution in [3.8, 4) is 0 Å². The molecule has 0 radical (unpaired) electrons. The maximum absolute atomic E-state index is 14.5. The molecular formula is C37H51NO12. The topological polar surface area (TPSA) is 198 Å². The summed E-state index contributed by atoms with van der Waals surface area (Å²) in [5.41, 5.74) is -6.21. The van der Waals surface area contributed by atoms with Gasteiger partial charge in [0.25, 0.3) is 0 Å². The molecule has 1 amide bonds. The lowest BCUT2D eigenvalue weighted by atomic mass is 9.42. The first-order valence-corrected chi connectivity index (χ1v) is 17.1. The van der Waals surface area contributed by atoms with Crippen LogP contribution in [0.5, 0.6) is 0 Å². The van der Waals surface area contributed by atoms with Gasteiger partial charge < -0.3 is 44.7 Å². The highest BCUT2D eigenvalue weighted by Gasteiger charge is 2.75. The SMILES string of the molecule is CC(=O)O[C@@]12CO[C@@H]1C[C@H](O)[C@@]1(C)C(=O)[C@H](O)C3=C(C)[C@@H](OC(=O)[C@H](O)C(NC(=O)OC(C)(C)C)c4ccccc4)C[C@@](O)([C@@H](C)C12)C3(C)C. The van der Waals surface area contributed by atoms with Crippen molar-refractivity contribution in [1.82, 2.24) is 5.32 Å². The van der Waals surface area contributed by atoms with E-state index in [0.717, 1.165) is 0 Å². The molecule has 2 bridgehead atoms. The smallest absolute Gasteiger partial charge is 0.408 e. The Bertz CT molecular complexity index is 1570. The third-order valence-corrected chi connectivity index (χ3v) is 11.8. The number of esters is 2. The zero-order chi connectivity index (χ0) is 37.4. The van der Waals surface area contributed by atoms with E-state index in [1.807, 2.05) is 0 Å². The number of benzene rings is 1. The van der Waals surface area contributed by atoms with E-state index in [0.29, 0.717) is 11.1 Å². The molecule has 50 heavy (non-hydrogen) atoms. The molecule has 5 N–H and O–H groups in total. The van der Waals surface area contributed by atoms with Crippen LogP contribution in [0.4, 0.5) is 4.79 Å². The predicted molar refractivity (Wildman–Crippen MR) is 177 cm³/mol. The van der Waals surface area contributed by atoms with Crippen LogP contribution in [0.25, 0.3) is 0 Å². The first-order valence-electron chi connectivity index (χ1n) is 17.1. The van der Waals surface area contributed by atoms with Crippen LogP contribution in [-0.4, -0.2) is 98.2 Å². The second-order valence-corrected chi connectivity index (χ2v) is 16.2. The second kappa shape index (κ2) is 12.7. The minimum Gasteiger partial charge on any atom is -0.456 e. The summed E-state index contributed by atoms with van der Waals surface area (Å²) in [6.45, 7) is 14.4. The van der Waals surface area contributed by atoms with Crippen molar-refractivity contribution in [3.05, 3.63) is 47.0 Å². The van der Waals surface area contributed by atoms with Crippen LogP contribution < -0.4 is 5.32 Å².